The summed E-state index contributed by atoms with van der Waals surface area (Å²) in [6, 6.07) is 0. The third kappa shape index (κ3) is 8.18. The number of esters is 1. The second-order valence-corrected chi connectivity index (χ2v) is 4.17. The maximum Gasteiger partial charge on any atom is 0.330 e. The van der Waals surface area contributed by atoms with E-state index in [1.165, 1.54) is 6.08 Å². The van der Waals surface area contributed by atoms with Gasteiger partial charge in [-0.25, -0.2) is 4.79 Å². The van der Waals surface area contributed by atoms with E-state index in [0.29, 0.717) is 6.61 Å². The van der Waals surface area contributed by atoms with Crippen LogP contribution in [0.25, 0.3) is 0 Å². The van der Waals surface area contributed by atoms with Gasteiger partial charge in [0.15, 0.2) is 0 Å². The van der Waals surface area contributed by atoms with Crippen molar-refractivity contribution < 1.29 is 14.3 Å². The molecule has 0 atom stereocenters. The molecule has 3 heteroatoms. The number of hydrogen-bond donors (Lipinski definition) is 0. The molecule has 0 unspecified atom stereocenters. The molecule has 0 aromatic heterocycles. The summed E-state index contributed by atoms with van der Waals surface area (Å²) in [5.41, 5.74) is 0.0191. The first-order valence-electron chi connectivity index (χ1n) is 5.37. The van der Waals surface area contributed by atoms with E-state index in [2.05, 4.69) is 13.8 Å². The van der Waals surface area contributed by atoms with Crippen molar-refractivity contribution in [2.24, 2.45) is 5.41 Å². The monoisotopic (exact) mass is 214 g/mol. The lowest BCUT2D eigenvalue weighted by molar-refractivity contribution is -0.137. The van der Waals surface area contributed by atoms with E-state index < -0.39 is 0 Å². The predicted octanol–water partition coefficient (Wildman–Crippen LogP) is 2.56. The first-order chi connectivity index (χ1) is 7.02. The molecule has 0 aromatic carbocycles. The molecular formula is C12H22O3. The number of carbonyl (C=O) groups is 1. The molecule has 0 bridgehead atoms. The van der Waals surface area contributed by atoms with Gasteiger partial charge in [0.2, 0.25) is 0 Å². The minimum absolute atomic E-state index is 0.0191. The highest BCUT2D eigenvalue weighted by Crippen LogP contribution is 2.23. The summed E-state index contributed by atoms with van der Waals surface area (Å²) in [5.74, 6) is -0.266. The van der Waals surface area contributed by atoms with Gasteiger partial charge in [-0.1, -0.05) is 19.9 Å². The van der Waals surface area contributed by atoms with Crippen LogP contribution in [0.2, 0.25) is 0 Å². The Labute approximate surface area is 92.5 Å². The van der Waals surface area contributed by atoms with E-state index in [1.54, 1.807) is 14.0 Å². The summed E-state index contributed by atoms with van der Waals surface area (Å²) >= 11 is 0. The van der Waals surface area contributed by atoms with Crippen molar-refractivity contribution in [1.82, 2.24) is 0 Å². The van der Waals surface area contributed by atoms with Crippen LogP contribution in [0, 0.1) is 5.41 Å². The fraction of sp³-hybridized carbons (Fsp3) is 0.750. The Hall–Kier alpha value is -0.830. The van der Waals surface area contributed by atoms with Crippen molar-refractivity contribution in [2.45, 2.75) is 33.6 Å². The largest absolute Gasteiger partial charge is 0.463 e. The second-order valence-electron chi connectivity index (χ2n) is 4.17. The van der Waals surface area contributed by atoms with Crippen molar-refractivity contribution in [3.8, 4) is 0 Å². The molecule has 0 saturated carbocycles. The molecule has 0 N–H and O–H groups in total. The van der Waals surface area contributed by atoms with Crippen LogP contribution in [0.15, 0.2) is 12.2 Å². The van der Waals surface area contributed by atoms with Crippen LogP contribution in [-0.4, -0.2) is 26.3 Å². The zero-order chi connectivity index (χ0) is 11.7. The fourth-order valence-corrected chi connectivity index (χ4v) is 1.24. The van der Waals surface area contributed by atoms with Crippen molar-refractivity contribution in [3.63, 3.8) is 0 Å². The van der Waals surface area contributed by atoms with Crippen LogP contribution >= 0.6 is 0 Å². The summed E-state index contributed by atoms with van der Waals surface area (Å²) < 4.78 is 9.80. The van der Waals surface area contributed by atoms with Crippen LogP contribution in [0.5, 0.6) is 0 Å². The van der Waals surface area contributed by atoms with Crippen LogP contribution in [0.4, 0.5) is 0 Å². The van der Waals surface area contributed by atoms with Gasteiger partial charge in [-0.15, -0.1) is 0 Å². The molecule has 0 saturated heterocycles. The number of methoxy groups -OCH3 is 1. The van der Waals surface area contributed by atoms with E-state index in [1.807, 2.05) is 6.08 Å². The van der Waals surface area contributed by atoms with Gasteiger partial charge >= 0.3 is 5.97 Å². The number of allylic oxidation sites excluding steroid dienone is 1. The van der Waals surface area contributed by atoms with Crippen LogP contribution in [-0.2, 0) is 14.3 Å². The van der Waals surface area contributed by atoms with Crippen molar-refractivity contribution in [1.29, 1.82) is 0 Å². The SMILES string of the molecule is CCOC(=O)C=CC(C)(C)CCCOC. The molecule has 0 spiro atoms. The average molecular weight is 214 g/mol. The van der Waals surface area contributed by atoms with Crippen molar-refractivity contribution in [3.05, 3.63) is 12.2 Å². The Kier molecular flexibility index (Phi) is 7.05. The minimum atomic E-state index is -0.266. The molecule has 0 fully saturated rings. The third-order valence-corrected chi connectivity index (χ3v) is 2.13. The van der Waals surface area contributed by atoms with Crippen molar-refractivity contribution >= 4 is 5.97 Å². The smallest absolute Gasteiger partial charge is 0.330 e. The summed E-state index contributed by atoms with van der Waals surface area (Å²) in [6.45, 7) is 7.18. The lowest BCUT2D eigenvalue weighted by Crippen LogP contribution is -2.10. The van der Waals surface area contributed by atoms with Gasteiger partial charge in [-0.05, 0) is 25.2 Å². The fourth-order valence-electron chi connectivity index (χ4n) is 1.24. The Bertz CT molecular complexity index is 207. The Morgan fingerprint density at radius 3 is 2.60 bits per heavy atom. The van der Waals surface area contributed by atoms with Gasteiger partial charge in [0.05, 0.1) is 6.61 Å². The summed E-state index contributed by atoms with van der Waals surface area (Å²) in [6.07, 6.45) is 5.41. The van der Waals surface area contributed by atoms with E-state index in [0.717, 1.165) is 19.4 Å². The standard InChI is InChI=1S/C12H22O3/c1-5-15-11(13)7-9-12(2,3)8-6-10-14-4/h7,9H,5-6,8,10H2,1-4H3. The van der Waals surface area contributed by atoms with Crippen molar-refractivity contribution in [2.75, 3.05) is 20.3 Å². The number of rotatable bonds is 7. The highest BCUT2D eigenvalue weighted by atomic mass is 16.5. The van der Waals surface area contributed by atoms with Crippen LogP contribution in [0.1, 0.15) is 33.6 Å². The minimum Gasteiger partial charge on any atom is -0.463 e. The molecule has 0 amide bonds. The van der Waals surface area contributed by atoms with E-state index in [9.17, 15) is 4.79 Å². The Morgan fingerprint density at radius 1 is 1.40 bits per heavy atom. The molecule has 0 aliphatic carbocycles. The normalized spacial score (nSPS) is 12.0. The molecule has 15 heavy (non-hydrogen) atoms. The maximum atomic E-state index is 11.1. The zero-order valence-corrected chi connectivity index (χ0v) is 10.2. The predicted molar refractivity (Wildman–Crippen MR) is 60.7 cm³/mol. The van der Waals surface area contributed by atoms with Crippen LogP contribution < -0.4 is 0 Å². The molecule has 0 radical (unpaired) electrons. The summed E-state index contributed by atoms with van der Waals surface area (Å²) in [4.78, 5) is 11.1. The Morgan fingerprint density at radius 2 is 2.07 bits per heavy atom. The second kappa shape index (κ2) is 7.46. The van der Waals surface area contributed by atoms with Gasteiger partial charge in [0, 0.05) is 19.8 Å². The molecule has 0 rings (SSSR count). The highest BCUT2D eigenvalue weighted by molar-refractivity contribution is 5.81. The topological polar surface area (TPSA) is 35.5 Å². The number of hydrogen-bond acceptors (Lipinski definition) is 3. The molecule has 0 aliphatic rings. The first kappa shape index (κ1) is 14.2. The molecule has 0 aliphatic heterocycles. The van der Waals surface area contributed by atoms with Crippen LogP contribution in [0.3, 0.4) is 0 Å². The number of carbonyl (C=O) groups excluding carboxylic acids is 1. The summed E-state index contributed by atoms with van der Waals surface area (Å²) in [5, 5.41) is 0. The maximum absolute atomic E-state index is 11.1. The molecule has 0 heterocycles. The van der Waals surface area contributed by atoms with E-state index in [4.69, 9.17) is 9.47 Å². The lowest BCUT2D eigenvalue weighted by atomic mass is 9.87. The quantitative estimate of drug-likeness (QED) is 0.371. The molecule has 0 aromatic rings. The highest BCUT2D eigenvalue weighted by Gasteiger charge is 2.13. The Balaban J connectivity index is 3.94. The van der Waals surface area contributed by atoms with Gasteiger partial charge in [-0.3, -0.25) is 0 Å². The first-order valence-corrected chi connectivity index (χ1v) is 5.37. The number of ether oxygens (including phenoxy) is 2. The molecular weight excluding hydrogens is 192 g/mol. The van der Waals surface area contributed by atoms with Gasteiger partial charge < -0.3 is 9.47 Å². The summed E-state index contributed by atoms with van der Waals surface area (Å²) in [7, 11) is 1.70. The van der Waals surface area contributed by atoms with Gasteiger partial charge in [0.25, 0.3) is 0 Å². The lowest BCUT2D eigenvalue weighted by Gasteiger charge is -2.19. The molecule has 88 valence electrons. The third-order valence-electron chi connectivity index (χ3n) is 2.13. The van der Waals surface area contributed by atoms with Gasteiger partial charge in [-0.2, -0.15) is 0 Å². The molecule has 3 nitrogen and oxygen atoms in total. The van der Waals surface area contributed by atoms with E-state index >= 15 is 0 Å². The zero-order valence-electron chi connectivity index (χ0n) is 10.2. The van der Waals surface area contributed by atoms with E-state index in [-0.39, 0.29) is 11.4 Å². The average Bonchev–Trinajstić information content (AvgIpc) is 2.16. The van der Waals surface area contributed by atoms with Gasteiger partial charge in [0.1, 0.15) is 0 Å².